The molecule has 4 rings (SSSR count). The highest BCUT2D eigenvalue weighted by molar-refractivity contribution is 5.95. The van der Waals surface area contributed by atoms with Gasteiger partial charge in [-0.1, -0.05) is 6.07 Å². The molecule has 2 aliphatic heterocycles. The molecule has 28 heavy (non-hydrogen) atoms. The summed E-state index contributed by atoms with van der Waals surface area (Å²) in [7, 11) is 0. The molecule has 2 aliphatic rings. The van der Waals surface area contributed by atoms with Crippen LogP contribution in [-0.2, 0) is 6.42 Å². The number of ether oxygens (including phenoxy) is 2. The fourth-order valence-corrected chi connectivity index (χ4v) is 3.39. The van der Waals surface area contributed by atoms with Gasteiger partial charge in [-0.25, -0.2) is 4.79 Å². The predicted molar refractivity (Wildman–Crippen MR) is 105 cm³/mol. The van der Waals surface area contributed by atoms with E-state index in [1.165, 1.54) is 0 Å². The summed E-state index contributed by atoms with van der Waals surface area (Å²) in [4.78, 5) is 26.3. The lowest BCUT2D eigenvalue weighted by molar-refractivity contribution is 0.0793. The number of anilines is 1. The number of carbonyl (C=O) groups excluding carboxylic acids is 2. The van der Waals surface area contributed by atoms with E-state index >= 15 is 0 Å². The van der Waals surface area contributed by atoms with Crippen molar-refractivity contribution in [1.82, 2.24) is 10.2 Å². The average Bonchev–Trinajstić information content (AvgIpc) is 3.39. The second-order valence-electron chi connectivity index (χ2n) is 6.90. The van der Waals surface area contributed by atoms with Crippen LogP contribution in [0.3, 0.4) is 0 Å². The quantitative estimate of drug-likeness (QED) is 0.834. The van der Waals surface area contributed by atoms with Crippen molar-refractivity contribution < 1.29 is 19.1 Å². The van der Waals surface area contributed by atoms with Crippen LogP contribution in [-0.4, -0.2) is 43.3 Å². The number of carbonyl (C=O) groups is 2. The molecule has 7 heteroatoms. The lowest BCUT2D eigenvalue weighted by Crippen LogP contribution is -2.30. The molecule has 2 N–H and O–H groups in total. The van der Waals surface area contributed by atoms with E-state index in [0.29, 0.717) is 24.2 Å². The van der Waals surface area contributed by atoms with E-state index in [1.807, 2.05) is 23.1 Å². The van der Waals surface area contributed by atoms with E-state index < -0.39 is 0 Å². The maximum Gasteiger partial charge on any atom is 0.319 e. The molecule has 7 nitrogen and oxygen atoms in total. The minimum absolute atomic E-state index is 0.0530. The highest BCUT2D eigenvalue weighted by Gasteiger charge is 2.19. The topological polar surface area (TPSA) is 79.9 Å². The maximum absolute atomic E-state index is 12.3. The number of hydrogen-bond acceptors (Lipinski definition) is 4. The van der Waals surface area contributed by atoms with Crippen LogP contribution in [0.2, 0.25) is 0 Å². The molecule has 0 spiro atoms. The molecule has 0 bridgehead atoms. The Morgan fingerprint density at radius 3 is 2.50 bits per heavy atom. The number of nitrogens with zero attached hydrogens (tertiary/aromatic N) is 1. The van der Waals surface area contributed by atoms with Crippen molar-refractivity contribution in [1.29, 1.82) is 0 Å². The zero-order valence-electron chi connectivity index (χ0n) is 15.6. The van der Waals surface area contributed by atoms with E-state index in [0.717, 1.165) is 43.0 Å². The average molecular weight is 381 g/mol. The van der Waals surface area contributed by atoms with Gasteiger partial charge >= 0.3 is 6.03 Å². The van der Waals surface area contributed by atoms with Gasteiger partial charge in [-0.15, -0.1) is 0 Å². The number of fused-ring (bicyclic) bond motifs is 1. The first-order valence-electron chi connectivity index (χ1n) is 9.52. The third kappa shape index (κ3) is 4.19. The smallest absolute Gasteiger partial charge is 0.319 e. The molecule has 3 amide bonds. The SMILES string of the molecule is O=C(NCCc1ccc2c(c1)OCO2)Nc1ccc(C(=O)N2CCCC2)cc1. The van der Waals surface area contributed by atoms with Gasteiger partial charge in [-0.3, -0.25) is 4.79 Å². The van der Waals surface area contributed by atoms with Crippen LogP contribution in [0, 0.1) is 0 Å². The Kier molecular flexibility index (Phi) is 5.32. The number of hydrogen-bond donors (Lipinski definition) is 2. The van der Waals surface area contributed by atoms with E-state index in [9.17, 15) is 9.59 Å². The zero-order valence-corrected chi connectivity index (χ0v) is 15.6. The van der Waals surface area contributed by atoms with Crippen molar-refractivity contribution in [3.8, 4) is 11.5 Å². The van der Waals surface area contributed by atoms with Crippen LogP contribution >= 0.6 is 0 Å². The number of benzene rings is 2. The van der Waals surface area contributed by atoms with E-state index in [2.05, 4.69) is 10.6 Å². The summed E-state index contributed by atoms with van der Waals surface area (Å²) < 4.78 is 10.6. The van der Waals surface area contributed by atoms with Crippen LogP contribution in [0.5, 0.6) is 11.5 Å². The highest BCUT2D eigenvalue weighted by atomic mass is 16.7. The molecule has 2 heterocycles. The van der Waals surface area contributed by atoms with Crippen molar-refractivity contribution in [2.24, 2.45) is 0 Å². The van der Waals surface area contributed by atoms with Gasteiger partial charge in [-0.05, 0) is 61.2 Å². The molecule has 0 unspecified atom stereocenters. The van der Waals surface area contributed by atoms with Gasteiger partial charge < -0.3 is 25.0 Å². The molecule has 0 aliphatic carbocycles. The van der Waals surface area contributed by atoms with Crippen LogP contribution in [0.25, 0.3) is 0 Å². The van der Waals surface area contributed by atoms with E-state index in [4.69, 9.17) is 9.47 Å². The Balaban J connectivity index is 1.24. The Bertz CT molecular complexity index is 860. The summed E-state index contributed by atoms with van der Waals surface area (Å²) in [5.41, 5.74) is 2.36. The van der Waals surface area contributed by atoms with Crippen LogP contribution in [0.4, 0.5) is 10.5 Å². The second kappa shape index (κ2) is 8.21. The minimum atomic E-state index is -0.278. The van der Waals surface area contributed by atoms with Crippen molar-refractivity contribution in [2.75, 3.05) is 31.7 Å². The van der Waals surface area contributed by atoms with Crippen molar-refractivity contribution >= 4 is 17.6 Å². The zero-order chi connectivity index (χ0) is 19.3. The molecular formula is C21H23N3O4. The largest absolute Gasteiger partial charge is 0.454 e. The first-order chi connectivity index (χ1) is 13.7. The van der Waals surface area contributed by atoms with E-state index in [-0.39, 0.29) is 18.7 Å². The number of likely N-dealkylation sites (tertiary alicyclic amines) is 1. The van der Waals surface area contributed by atoms with Crippen LogP contribution in [0.15, 0.2) is 42.5 Å². The molecule has 2 aromatic rings. The van der Waals surface area contributed by atoms with Gasteiger partial charge in [0.1, 0.15) is 0 Å². The Morgan fingerprint density at radius 2 is 1.71 bits per heavy atom. The third-order valence-electron chi connectivity index (χ3n) is 4.92. The second-order valence-corrected chi connectivity index (χ2v) is 6.90. The molecule has 1 saturated heterocycles. The third-order valence-corrected chi connectivity index (χ3v) is 4.92. The fraction of sp³-hybridized carbons (Fsp3) is 0.333. The van der Waals surface area contributed by atoms with Gasteiger partial charge in [0.25, 0.3) is 5.91 Å². The predicted octanol–water partition coefficient (Wildman–Crippen LogP) is 3.02. The Morgan fingerprint density at radius 1 is 0.964 bits per heavy atom. The lowest BCUT2D eigenvalue weighted by Gasteiger charge is -2.15. The first kappa shape index (κ1) is 18.2. The van der Waals surface area contributed by atoms with E-state index in [1.54, 1.807) is 24.3 Å². The molecule has 0 saturated carbocycles. The number of nitrogens with one attached hydrogen (secondary N) is 2. The van der Waals surface area contributed by atoms with Gasteiger partial charge in [-0.2, -0.15) is 0 Å². The molecule has 0 aromatic heterocycles. The minimum Gasteiger partial charge on any atom is -0.454 e. The standard InChI is InChI=1S/C21H23N3O4/c25-20(24-11-1-2-12-24)16-4-6-17(7-5-16)23-21(26)22-10-9-15-3-8-18-19(13-15)28-14-27-18/h3-8,13H,1-2,9-12,14H2,(H2,22,23,26). The van der Waals surface area contributed by atoms with Crippen molar-refractivity contribution in [3.05, 3.63) is 53.6 Å². The van der Waals surface area contributed by atoms with Gasteiger partial charge in [0.2, 0.25) is 6.79 Å². The monoisotopic (exact) mass is 381 g/mol. The summed E-state index contributed by atoms with van der Waals surface area (Å²) in [5.74, 6) is 1.55. The summed E-state index contributed by atoms with van der Waals surface area (Å²) in [6, 6.07) is 12.5. The lowest BCUT2D eigenvalue weighted by atomic mass is 10.1. The molecule has 2 aromatic carbocycles. The van der Waals surface area contributed by atoms with Gasteiger partial charge in [0, 0.05) is 30.9 Å². The van der Waals surface area contributed by atoms with Crippen LogP contribution in [0.1, 0.15) is 28.8 Å². The summed E-state index contributed by atoms with van der Waals surface area (Å²) >= 11 is 0. The Hall–Kier alpha value is -3.22. The summed E-state index contributed by atoms with van der Waals surface area (Å²) in [6.07, 6.45) is 2.82. The van der Waals surface area contributed by atoms with Crippen molar-refractivity contribution in [2.45, 2.75) is 19.3 Å². The van der Waals surface area contributed by atoms with Gasteiger partial charge in [0.05, 0.1) is 0 Å². The molecule has 0 atom stereocenters. The maximum atomic E-state index is 12.3. The molecular weight excluding hydrogens is 358 g/mol. The number of urea groups is 1. The number of amides is 3. The highest BCUT2D eigenvalue weighted by Crippen LogP contribution is 2.32. The molecule has 0 radical (unpaired) electrons. The number of rotatable bonds is 5. The molecule has 146 valence electrons. The summed E-state index contributed by atoms with van der Waals surface area (Å²) in [6.45, 7) is 2.40. The first-order valence-corrected chi connectivity index (χ1v) is 9.52. The van der Waals surface area contributed by atoms with Crippen molar-refractivity contribution in [3.63, 3.8) is 0 Å². The van der Waals surface area contributed by atoms with Crippen LogP contribution < -0.4 is 20.1 Å². The fourth-order valence-electron chi connectivity index (χ4n) is 3.39. The van der Waals surface area contributed by atoms with Gasteiger partial charge in [0.15, 0.2) is 11.5 Å². The normalized spacial score (nSPS) is 14.8. The Labute approximate surface area is 163 Å². The summed E-state index contributed by atoms with van der Waals surface area (Å²) in [5, 5.41) is 5.62. The molecule has 1 fully saturated rings.